The Labute approximate surface area is 285 Å². The first-order valence-corrected chi connectivity index (χ1v) is 16.0. The summed E-state index contributed by atoms with van der Waals surface area (Å²) in [6.45, 7) is 0. The minimum Gasteiger partial charge on any atom is -0.456 e. The van der Waals surface area contributed by atoms with E-state index in [9.17, 15) is 5.48 Å². The van der Waals surface area contributed by atoms with Gasteiger partial charge in [0.05, 0.1) is 11.0 Å². The van der Waals surface area contributed by atoms with Gasteiger partial charge in [0.15, 0.2) is 0 Å². The second-order valence-electron chi connectivity index (χ2n) is 12.5. The van der Waals surface area contributed by atoms with Crippen LogP contribution in [-0.4, -0.2) is 0 Å². The Morgan fingerprint density at radius 2 is 1.21 bits per heavy atom. The predicted molar refractivity (Wildman–Crippen MR) is 196 cm³/mol. The summed E-state index contributed by atoms with van der Waals surface area (Å²) >= 11 is 0. The molecule has 4 aliphatic rings. The second-order valence-corrected chi connectivity index (χ2v) is 12.5. The van der Waals surface area contributed by atoms with Crippen LogP contribution in [0, 0.1) is 23.7 Å². The molecule has 1 nitrogen and oxygen atoms in total. The molecule has 0 bridgehead atoms. The Hall–Kier alpha value is -5.66. The van der Waals surface area contributed by atoms with E-state index in [0.29, 0.717) is 21.9 Å². The number of furan rings is 1. The Kier molecular flexibility index (Phi) is 4.39. The number of allylic oxidation sites excluding steroid dienone is 12. The number of hydrogen-bond acceptors (Lipinski definition) is 1. The van der Waals surface area contributed by atoms with Crippen molar-refractivity contribution in [3.8, 4) is 11.1 Å². The van der Waals surface area contributed by atoms with Gasteiger partial charge in [-0.15, -0.1) is 0 Å². The molecule has 1 heterocycles. The van der Waals surface area contributed by atoms with Crippen molar-refractivity contribution in [3.63, 3.8) is 0 Å². The highest BCUT2D eigenvalue weighted by atomic mass is 16.3. The molecule has 6 aromatic rings. The van der Waals surface area contributed by atoms with Crippen molar-refractivity contribution in [2.45, 2.75) is 0 Å². The summed E-state index contributed by atoms with van der Waals surface area (Å²) in [5.41, 5.74) is 6.14. The van der Waals surface area contributed by atoms with E-state index in [1.165, 1.54) is 0 Å². The van der Waals surface area contributed by atoms with E-state index in [0.717, 1.165) is 49.4 Å². The van der Waals surface area contributed by atoms with Gasteiger partial charge < -0.3 is 4.42 Å². The zero-order valence-corrected chi connectivity index (χ0v) is 25.3. The van der Waals surface area contributed by atoms with Crippen LogP contribution in [0.2, 0.25) is 0 Å². The van der Waals surface area contributed by atoms with Gasteiger partial charge in [-0.3, -0.25) is 0 Å². The summed E-state index contributed by atoms with van der Waals surface area (Å²) in [4.78, 5) is 0. The Morgan fingerprint density at radius 3 is 2.09 bits per heavy atom. The lowest BCUT2D eigenvalue weighted by Crippen LogP contribution is -2.41. The molecule has 0 N–H and O–H groups in total. The van der Waals surface area contributed by atoms with E-state index < -0.39 is 11.8 Å². The van der Waals surface area contributed by atoms with Gasteiger partial charge in [0.1, 0.15) is 11.2 Å². The molecule has 47 heavy (non-hydrogen) atoms. The fraction of sp³-hybridized carbons (Fsp3) is 0.0870. The molecule has 1 heteroatoms. The average Bonchev–Trinajstić information content (AvgIpc) is 3.60. The summed E-state index contributed by atoms with van der Waals surface area (Å²) < 4.78 is 78.8. The summed E-state index contributed by atoms with van der Waals surface area (Å²) in [5.74, 6) is -2.01. The molecule has 0 amide bonds. The molecular weight excluding hydrogens is 569 g/mol. The number of hydrogen-bond donors (Lipinski definition) is 0. The van der Waals surface area contributed by atoms with Crippen LogP contribution in [0.3, 0.4) is 0 Å². The van der Waals surface area contributed by atoms with Crippen molar-refractivity contribution in [1.29, 1.82) is 0 Å². The van der Waals surface area contributed by atoms with E-state index in [-0.39, 0.29) is 65.4 Å². The Morgan fingerprint density at radius 1 is 0.553 bits per heavy atom. The van der Waals surface area contributed by atoms with Crippen LogP contribution in [0.1, 0.15) is 16.5 Å². The average molecular weight is 609 g/mol. The first kappa shape index (κ1) is 19.8. The monoisotopic (exact) mass is 608 g/mol. The quantitative estimate of drug-likeness (QED) is 0.195. The molecule has 4 aliphatic carbocycles. The van der Waals surface area contributed by atoms with Gasteiger partial charge in [-0.2, -0.15) is 0 Å². The Balaban J connectivity index is 1.23. The highest BCUT2D eigenvalue weighted by Gasteiger charge is 2.36. The van der Waals surface area contributed by atoms with E-state index in [1.807, 2.05) is 78.9 Å². The highest BCUT2D eigenvalue weighted by molar-refractivity contribution is 6.06. The third kappa shape index (κ3) is 4.16. The minimum absolute atomic E-state index is 0.00153. The largest absolute Gasteiger partial charge is 0.456 e. The lowest BCUT2D eigenvalue weighted by molar-refractivity contribution is 0.611. The summed E-state index contributed by atoms with van der Waals surface area (Å²) in [5, 5.41) is 4.51. The lowest BCUT2D eigenvalue weighted by Gasteiger charge is -2.37. The lowest BCUT2D eigenvalue weighted by atomic mass is 9.66. The number of benzene rings is 5. The van der Waals surface area contributed by atoms with Crippen LogP contribution < -0.4 is 10.4 Å². The van der Waals surface area contributed by atoms with E-state index in [2.05, 4.69) is 42.5 Å². The molecule has 222 valence electrons. The normalized spacial score (nSPS) is 25.7. The van der Waals surface area contributed by atoms with Crippen molar-refractivity contribution < 1.29 is 15.4 Å². The van der Waals surface area contributed by atoms with Gasteiger partial charge in [0.2, 0.25) is 0 Å². The zero-order valence-electron chi connectivity index (χ0n) is 33.3. The van der Waals surface area contributed by atoms with E-state index in [1.54, 1.807) is 0 Å². The topological polar surface area (TPSA) is 13.1 Å². The smallest absolute Gasteiger partial charge is 0.135 e. The van der Waals surface area contributed by atoms with E-state index in [4.69, 9.17) is 9.90 Å². The van der Waals surface area contributed by atoms with Crippen molar-refractivity contribution in [2.75, 3.05) is 0 Å². The molecule has 0 saturated heterocycles. The van der Waals surface area contributed by atoms with Crippen LogP contribution >= 0.6 is 0 Å². The molecule has 4 atom stereocenters. The number of para-hydroxylation sites is 1. The van der Waals surface area contributed by atoms with Crippen LogP contribution in [0.4, 0.5) is 0 Å². The fourth-order valence-corrected chi connectivity index (χ4v) is 7.83. The van der Waals surface area contributed by atoms with Gasteiger partial charge in [-0.25, -0.2) is 0 Å². The van der Waals surface area contributed by atoms with Crippen molar-refractivity contribution >= 4 is 43.9 Å². The fourth-order valence-electron chi connectivity index (χ4n) is 7.83. The first-order chi connectivity index (χ1) is 26.6. The molecule has 4 unspecified atom stereocenters. The van der Waals surface area contributed by atoms with Crippen LogP contribution in [0.15, 0.2) is 180 Å². The molecule has 0 fully saturated rings. The van der Waals surface area contributed by atoms with Gasteiger partial charge in [0.25, 0.3) is 0 Å². The van der Waals surface area contributed by atoms with Crippen molar-refractivity contribution in [2.24, 2.45) is 23.7 Å². The van der Waals surface area contributed by atoms with E-state index >= 15 is 0 Å². The zero-order chi connectivity index (χ0) is 37.9. The van der Waals surface area contributed by atoms with Gasteiger partial charge in [-0.05, 0) is 85.0 Å². The summed E-state index contributed by atoms with van der Waals surface area (Å²) in [7, 11) is 0. The van der Waals surface area contributed by atoms with Crippen LogP contribution in [0.25, 0.3) is 55.0 Å². The first-order valence-electron chi connectivity index (χ1n) is 20.0. The molecule has 0 spiro atoms. The van der Waals surface area contributed by atoms with Crippen LogP contribution in [-0.2, 0) is 0 Å². The van der Waals surface area contributed by atoms with Gasteiger partial charge in [0, 0.05) is 34.4 Å². The molecule has 0 aliphatic heterocycles. The SMILES string of the molecule is [2H]C1=C([2H])C2C(C3=CC=CC4C=CC=CC34)=c3c([2H])c([2H])c([2H])c([2H])c3=C(c3ccc4cc(-c5ccc6oc7ccccc7c6c5)ccc4c3)C2C([2H])=C1[2H]. The molecule has 0 saturated carbocycles. The van der Waals surface area contributed by atoms with Gasteiger partial charge in [-0.1, -0.05) is 139 Å². The maximum Gasteiger partial charge on any atom is 0.135 e. The number of fused-ring (bicyclic) bond motifs is 7. The minimum atomic E-state index is -0.933. The molecule has 1 aromatic heterocycles. The predicted octanol–water partition coefficient (Wildman–Crippen LogP) is 9.98. The number of rotatable bonds is 3. The molecule has 0 radical (unpaired) electrons. The maximum absolute atomic E-state index is 9.40. The maximum atomic E-state index is 9.40. The molecular formula is C46H32O. The highest BCUT2D eigenvalue weighted by Crippen LogP contribution is 2.45. The standard InChI is InChI=1S/C46H32O/c1-2-12-35-29(10-1)11-9-18-37(35)46-40-16-5-3-14-38(40)45(39-15-4-6-17-41(39)46)34-23-22-30-26-31(20-21-32(30)27-34)33-24-25-44-42(28-33)36-13-7-8-19-43(36)47-44/h1-29,35,38,40H/i3D,4D,5D,6D,14D,15D,16D,17D. The molecule has 10 rings (SSSR count). The summed E-state index contributed by atoms with van der Waals surface area (Å²) in [6, 6.07) is 24.0. The van der Waals surface area contributed by atoms with Gasteiger partial charge >= 0.3 is 0 Å². The van der Waals surface area contributed by atoms with Crippen molar-refractivity contribution in [3.05, 3.63) is 191 Å². The third-order valence-electron chi connectivity index (χ3n) is 10.0. The van der Waals surface area contributed by atoms with Crippen molar-refractivity contribution in [1.82, 2.24) is 0 Å². The third-order valence-corrected chi connectivity index (χ3v) is 10.0. The summed E-state index contributed by atoms with van der Waals surface area (Å²) in [6.07, 6.45) is 14.0. The second kappa shape index (κ2) is 10.4. The molecule has 5 aromatic carbocycles. The van der Waals surface area contributed by atoms with Crippen LogP contribution in [0.5, 0.6) is 0 Å². The Bertz CT molecular complexity index is 3050.